The van der Waals surface area contributed by atoms with Crippen LogP contribution in [0, 0.1) is 0 Å². The van der Waals surface area contributed by atoms with E-state index in [-0.39, 0.29) is 0 Å². The van der Waals surface area contributed by atoms with Crippen LogP contribution in [0.5, 0.6) is 0 Å². The third-order valence-corrected chi connectivity index (χ3v) is 5.45. The Labute approximate surface area is 163 Å². The zero-order valence-electron chi connectivity index (χ0n) is 15.2. The van der Waals surface area contributed by atoms with E-state index in [4.69, 9.17) is 0 Å². The number of thioether (sulfide) groups is 1. The molecule has 0 saturated carbocycles. The zero-order valence-corrected chi connectivity index (χ0v) is 16.0. The van der Waals surface area contributed by atoms with Gasteiger partial charge in [0.2, 0.25) is 5.16 Å². The van der Waals surface area contributed by atoms with Crippen molar-refractivity contribution in [1.29, 1.82) is 0 Å². The van der Waals surface area contributed by atoms with Crippen LogP contribution < -0.4 is 0 Å². The Balaban J connectivity index is 1.39. The molecule has 4 aromatic rings. The van der Waals surface area contributed by atoms with Crippen LogP contribution in [0.25, 0.3) is 22.5 Å². The average Bonchev–Trinajstić information content (AvgIpc) is 3.22. The lowest BCUT2D eigenvalue weighted by atomic mass is 10.0. The van der Waals surface area contributed by atoms with E-state index < -0.39 is 0 Å². The van der Waals surface area contributed by atoms with E-state index in [9.17, 15) is 0 Å². The van der Waals surface area contributed by atoms with Crippen LogP contribution in [0.4, 0.5) is 0 Å². The molecule has 1 aromatic heterocycles. The predicted octanol–water partition coefficient (Wildman–Crippen LogP) is 5.99. The number of nitrogens with zero attached hydrogens (tertiary/aromatic N) is 2. The Bertz CT molecular complexity index is 990. The summed E-state index contributed by atoms with van der Waals surface area (Å²) in [6.07, 6.45) is 1.04. The maximum atomic E-state index is 4.61. The minimum Gasteiger partial charge on any atom is -0.258 e. The molecule has 0 radical (unpaired) electrons. The maximum Gasteiger partial charge on any atom is 0.209 e. The van der Waals surface area contributed by atoms with Gasteiger partial charge in [-0.25, -0.2) is 4.98 Å². The fourth-order valence-electron chi connectivity index (χ4n) is 2.91. The molecule has 0 bridgehead atoms. The Kier molecular flexibility index (Phi) is 5.35. The Morgan fingerprint density at radius 2 is 1.37 bits per heavy atom. The van der Waals surface area contributed by atoms with E-state index in [0.717, 1.165) is 28.7 Å². The molecular weight excluding hydrogens is 350 g/mol. The number of nitrogens with one attached hydrogen (secondary N) is 1. The van der Waals surface area contributed by atoms with Gasteiger partial charge in [-0.2, -0.15) is 0 Å². The first kappa shape index (κ1) is 17.6. The van der Waals surface area contributed by atoms with Gasteiger partial charge in [0, 0.05) is 11.3 Å². The summed E-state index contributed by atoms with van der Waals surface area (Å²) in [5.41, 5.74) is 6.13. The Hall–Kier alpha value is -2.85. The SMILES string of the molecule is CCc1ccc(-c2nc(SCc3ccc(-c4ccccc4)cc3)n[nH]2)cc1. The first-order valence-electron chi connectivity index (χ1n) is 9.10. The quantitative estimate of drug-likeness (QED) is 0.423. The van der Waals surface area contributed by atoms with E-state index in [1.54, 1.807) is 11.8 Å². The third kappa shape index (κ3) is 4.29. The molecule has 0 spiro atoms. The minimum atomic E-state index is 0.775. The van der Waals surface area contributed by atoms with Gasteiger partial charge in [0.15, 0.2) is 5.82 Å². The molecular formula is C23H21N3S. The van der Waals surface area contributed by atoms with Gasteiger partial charge in [-0.05, 0) is 28.7 Å². The van der Waals surface area contributed by atoms with E-state index >= 15 is 0 Å². The summed E-state index contributed by atoms with van der Waals surface area (Å²) in [7, 11) is 0. The summed E-state index contributed by atoms with van der Waals surface area (Å²) >= 11 is 1.64. The zero-order chi connectivity index (χ0) is 18.5. The Morgan fingerprint density at radius 3 is 2.07 bits per heavy atom. The lowest BCUT2D eigenvalue weighted by molar-refractivity contribution is 0.973. The first-order valence-corrected chi connectivity index (χ1v) is 10.1. The summed E-state index contributed by atoms with van der Waals surface area (Å²) in [4.78, 5) is 4.61. The van der Waals surface area contributed by atoms with Gasteiger partial charge in [-0.1, -0.05) is 97.5 Å². The highest BCUT2D eigenvalue weighted by atomic mass is 32.2. The number of aromatic nitrogens is 3. The van der Waals surface area contributed by atoms with Gasteiger partial charge in [0.25, 0.3) is 0 Å². The van der Waals surface area contributed by atoms with Crippen molar-refractivity contribution in [3.8, 4) is 22.5 Å². The van der Waals surface area contributed by atoms with Crippen LogP contribution in [0.15, 0.2) is 84.0 Å². The van der Waals surface area contributed by atoms with Crippen LogP contribution in [0.2, 0.25) is 0 Å². The van der Waals surface area contributed by atoms with Gasteiger partial charge in [0.05, 0.1) is 0 Å². The molecule has 134 valence electrons. The fraction of sp³-hybridized carbons (Fsp3) is 0.130. The van der Waals surface area contributed by atoms with Crippen LogP contribution in [-0.2, 0) is 12.2 Å². The van der Waals surface area contributed by atoms with Gasteiger partial charge in [0.1, 0.15) is 0 Å². The summed E-state index contributed by atoms with van der Waals surface area (Å²) in [6, 6.07) is 27.6. The van der Waals surface area contributed by atoms with Crippen molar-refractivity contribution in [2.24, 2.45) is 0 Å². The molecule has 1 heterocycles. The van der Waals surface area contributed by atoms with Crippen molar-refractivity contribution < 1.29 is 0 Å². The van der Waals surface area contributed by atoms with Gasteiger partial charge in [-0.3, -0.25) is 5.10 Å². The van der Waals surface area contributed by atoms with Crippen molar-refractivity contribution in [1.82, 2.24) is 15.2 Å². The van der Waals surface area contributed by atoms with Crippen molar-refractivity contribution in [2.45, 2.75) is 24.3 Å². The molecule has 0 amide bonds. The van der Waals surface area contributed by atoms with Gasteiger partial charge >= 0.3 is 0 Å². The summed E-state index contributed by atoms with van der Waals surface area (Å²) in [6.45, 7) is 2.16. The standard InChI is InChI=1S/C23H21N3S/c1-2-17-8-14-21(15-9-17)22-24-23(26-25-22)27-16-18-10-12-20(13-11-18)19-6-4-3-5-7-19/h3-15H,2,16H2,1H3,(H,24,25,26). The third-order valence-electron chi connectivity index (χ3n) is 4.53. The van der Waals surface area contributed by atoms with E-state index in [1.165, 1.54) is 22.3 Å². The average molecular weight is 372 g/mol. The number of aryl methyl sites for hydroxylation is 1. The molecule has 0 unspecified atom stereocenters. The van der Waals surface area contributed by atoms with E-state index in [1.807, 2.05) is 6.07 Å². The molecule has 1 N–H and O–H groups in total. The lowest BCUT2D eigenvalue weighted by Gasteiger charge is -2.03. The summed E-state index contributed by atoms with van der Waals surface area (Å²) in [5, 5.41) is 8.16. The molecule has 0 saturated heterocycles. The fourth-order valence-corrected chi connectivity index (χ4v) is 3.66. The monoisotopic (exact) mass is 371 g/mol. The van der Waals surface area contributed by atoms with E-state index in [2.05, 4.69) is 94.9 Å². The normalized spacial score (nSPS) is 10.9. The summed E-state index contributed by atoms with van der Waals surface area (Å²) < 4.78 is 0. The number of aromatic amines is 1. The van der Waals surface area contributed by atoms with Crippen LogP contribution >= 0.6 is 11.8 Å². The topological polar surface area (TPSA) is 41.6 Å². The van der Waals surface area contributed by atoms with Gasteiger partial charge < -0.3 is 0 Å². The van der Waals surface area contributed by atoms with Crippen LogP contribution in [-0.4, -0.2) is 15.2 Å². The van der Waals surface area contributed by atoms with Gasteiger partial charge in [-0.15, -0.1) is 5.10 Å². The number of hydrogen-bond donors (Lipinski definition) is 1. The second kappa shape index (κ2) is 8.23. The minimum absolute atomic E-state index is 0.775. The Morgan fingerprint density at radius 1 is 0.741 bits per heavy atom. The number of hydrogen-bond acceptors (Lipinski definition) is 3. The first-order chi connectivity index (χ1) is 13.3. The molecule has 4 heteroatoms. The molecule has 0 fully saturated rings. The van der Waals surface area contributed by atoms with Crippen molar-refractivity contribution >= 4 is 11.8 Å². The predicted molar refractivity (Wildman–Crippen MR) is 113 cm³/mol. The molecule has 0 aliphatic heterocycles. The summed E-state index contributed by atoms with van der Waals surface area (Å²) in [5.74, 6) is 1.67. The second-order valence-corrected chi connectivity index (χ2v) is 7.31. The molecule has 0 aliphatic rings. The van der Waals surface area contributed by atoms with Crippen molar-refractivity contribution in [3.63, 3.8) is 0 Å². The highest BCUT2D eigenvalue weighted by Gasteiger charge is 2.07. The smallest absolute Gasteiger partial charge is 0.209 e. The van der Waals surface area contributed by atoms with E-state index in [0.29, 0.717) is 0 Å². The number of rotatable bonds is 6. The number of H-pyrrole nitrogens is 1. The number of benzene rings is 3. The van der Waals surface area contributed by atoms with Crippen LogP contribution in [0.3, 0.4) is 0 Å². The van der Waals surface area contributed by atoms with Crippen molar-refractivity contribution in [2.75, 3.05) is 0 Å². The molecule has 3 aromatic carbocycles. The highest BCUT2D eigenvalue weighted by molar-refractivity contribution is 7.98. The molecule has 0 aliphatic carbocycles. The van der Waals surface area contributed by atoms with Crippen molar-refractivity contribution in [3.05, 3.63) is 90.0 Å². The second-order valence-electron chi connectivity index (χ2n) is 6.37. The largest absolute Gasteiger partial charge is 0.258 e. The lowest BCUT2D eigenvalue weighted by Crippen LogP contribution is -1.84. The van der Waals surface area contributed by atoms with Crippen LogP contribution in [0.1, 0.15) is 18.1 Å². The molecule has 3 nitrogen and oxygen atoms in total. The molecule has 0 atom stereocenters. The highest BCUT2D eigenvalue weighted by Crippen LogP contribution is 2.25. The molecule has 27 heavy (non-hydrogen) atoms. The molecule has 4 rings (SSSR count). The maximum absolute atomic E-state index is 4.61.